The molecule has 1 aromatic heterocycles. The third-order valence-corrected chi connectivity index (χ3v) is 3.60. The summed E-state index contributed by atoms with van der Waals surface area (Å²) in [5.41, 5.74) is 8.80. The molecular weight excluding hydrogens is 310 g/mol. The molecule has 2 aromatic carbocycles. The Morgan fingerprint density at radius 1 is 1.10 bits per heavy atom. The molecule has 0 fully saturated rings. The summed E-state index contributed by atoms with van der Waals surface area (Å²) in [6, 6.07) is 8.62. The van der Waals surface area contributed by atoms with Crippen LogP contribution in [0.3, 0.4) is 0 Å². The summed E-state index contributed by atoms with van der Waals surface area (Å²) in [5, 5.41) is 8.94. The van der Waals surface area contributed by atoms with Crippen LogP contribution in [0.1, 0.15) is 0 Å². The molecule has 106 valence electrons. The molecule has 3 aromatic rings. The lowest BCUT2D eigenvalue weighted by Crippen LogP contribution is -1.86. The fourth-order valence-corrected chi connectivity index (χ4v) is 2.54. The molecule has 21 heavy (non-hydrogen) atoms. The SMILES string of the molecule is COc1ccc(Cl)cc1N=Nc1ccc(N)c2nsnc12. The Bertz CT molecular complexity index is 833. The standard InChI is InChI=1S/C13H10ClN5OS/c1-20-11-5-2-7(14)6-10(11)17-16-9-4-3-8(15)12-13(9)19-21-18-12/h2-6H,15H2,1H3. The highest BCUT2D eigenvalue weighted by atomic mass is 35.5. The molecule has 0 saturated heterocycles. The topological polar surface area (TPSA) is 85.8 Å². The predicted molar refractivity (Wildman–Crippen MR) is 84.0 cm³/mol. The van der Waals surface area contributed by atoms with Crippen molar-refractivity contribution in [3.63, 3.8) is 0 Å². The molecule has 0 aliphatic carbocycles. The van der Waals surface area contributed by atoms with Crippen LogP contribution >= 0.6 is 23.3 Å². The van der Waals surface area contributed by atoms with E-state index in [1.165, 1.54) is 0 Å². The number of nitrogens with two attached hydrogens (primary N) is 1. The maximum absolute atomic E-state index is 5.96. The summed E-state index contributed by atoms with van der Waals surface area (Å²) >= 11 is 7.05. The lowest BCUT2D eigenvalue weighted by Gasteiger charge is -2.03. The zero-order valence-electron chi connectivity index (χ0n) is 10.9. The van der Waals surface area contributed by atoms with Crippen LogP contribution in [0.2, 0.25) is 5.02 Å². The van der Waals surface area contributed by atoms with Gasteiger partial charge in [-0.15, -0.1) is 10.2 Å². The molecule has 0 aliphatic rings. The molecule has 3 rings (SSSR count). The van der Waals surface area contributed by atoms with Crippen molar-refractivity contribution in [1.29, 1.82) is 0 Å². The van der Waals surface area contributed by atoms with Crippen LogP contribution in [0, 0.1) is 0 Å². The van der Waals surface area contributed by atoms with Crippen LogP contribution in [0.5, 0.6) is 5.75 Å². The van der Waals surface area contributed by atoms with Gasteiger partial charge in [-0.25, -0.2) is 0 Å². The smallest absolute Gasteiger partial charge is 0.146 e. The second kappa shape index (κ2) is 5.63. The summed E-state index contributed by atoms with van der Waals surface area (Å²) in [4.78, 5) is 0. The minimum atomic E-state index is 0.540. The first-order chi connectivity index (χ1) is 10.2. The minimum absolute atomic E-state index is 0.540. The maximum atomic E-state index is 5.96. The van der Waals surface area contributed by atoms with E-state index in [1.54, 1.807) is 37.4 Å². The van der Waals surface area contributed by atoms with Crippen LogP contribution in [0.25, 0.3) is 11.0 Å². The van der Waals surface area contributed by atoms with Gasteiger partial charge in [0, 0.05) is 5.02 Å². The summed E-state index contributed by atoms with van der Waals surface area (Å²) in [7, 11) is 1.56. The highest BCUT2D eigenvalue weighted by molar-refractivity contribution is 7.00. The number of azo groups is 1. The Morgan fingerprint density at radius 3 is 2.67 bits per heavy atom. The molecule has 8 heteroatoms. The number of anilines is 1. The first-order valence-corrected chi connectivity index (χ1v) is 7.06. The van der Waals surface area contributed by atoms with Crippen molar-refractivity contribution in [3.05, 3.63) is 35.4 Å². The Morgan fingerprint density at radius 2 is 1.86 bits per heavy atom. The van der Waals surface area contributed by atoms with Gasteiger partial charge in [0.1, 0.15) is 28.2 Å². The van der Waals surface area contributed by atoms with Gasteiger partial charge in [0.25, 0.3) is 0 Å². The average Bonchev–Trinajstić information content (AvgIpc) is 2.97. The largest absolute Gasteiger partial charge is 0.494 e. The average molecular weight is 320 g/mol. The van der Waals surface area contributed by atoms with Gasteiger partial charge < -0.3 is 10.5 Å². The van der Waals surface area contributed by atoms with Gasteiger partial charge in [-0.3, -0.25) is 0 Å². The van der Waals surface area contributed by atoms with Crippen LogP contribution in [0.15, 0.2) is 40.6 Å². The zero-order valence-corrected chi connectivity index (χ0v) is 12.5. The van der Waals surface area contributed by atoms with E-state index in [4.69, 9.17) is 22.1 Å². The number of nitrogen functional groups attached to an aromatic ring is 1. The van der Waals surface area contributed by atoms with E-state index in [0.29, 0.717) is 38.9 Å². The number of rotatable bonds is 3. The highest BCUT2D eigenvalue weighted by Gasteiger charge is 2.08. The second-order valence-corrected chi connectivity index (χ2v) is 5.12. The Hall–Kier alpha value is -2.25. The van der Waals surface area contributed by atoms with E-state index >= 15 is 0 Å². The summed E-state index contributed by atoms with van der Waals surface area (Å²) in [6.07, 6.45) is 0. The van der Waals surface area contributed by atoms with Crippen molar-refractivity contribution in [3.8, 4) is 5.75 Å². The molecular formula is C13H10ClN5OS. The Labute approximate surface area is 129 Å². The van der Waals surface area contributed by atoms with Gasteiger partial charge in [-0.05, 0) is 30.3 Å². The van der Waals surface area contributed by atoms with Crippen molar-refractivity contribution in [1.82, 2.24) is 8.75 Å². The number of halogens is 1. The number of aromatic nitrogens is 2. The summed E-state index contributed by atoms with van der Waals surface area (Å²) in [5.74, 6) is 0.589. The fourth-order valence-electron chi connectivity index (χ4n) is 1.80. The van der Waals surface area contributed by atoms with E-state index < -0.39 is 0 Å². The fraction of sp³-hybridized carbons (Fsp3) is 0.0769. The van der Waals surface area contributed by atoms with Crippen molar-refractivity contribution < 1.29 is 4.74 Å². The normalized spacial score (nSPS) is 11.3. The third kappa shape index (κ3) is 2.65. The van der Waals surface area contributed by atoms with Crippen LogP contribution in [0.4, 0.5) is 17.1 Å². The number of methoxy groups -OCH3 is 1. The summed E-state index contributed by atoms with van der Waals surface area (Å²) in [6.45, 7) is 0. The van der Waals surface area contributed by atoms with Gasteiger partial charge in [-0.1, -0.05) is 11.6 Å². The molecule has 2 N–H and O–H groups in total. The number of nitrogens with zero attached hydrogens (tertiary/aromatic N) is 4. The maximum Gasteiger partial charge on any atom is 0.146 e. The zero-order chi connectivity index (χ0) is 14.8. The van der Waals surface area contributed by atoms with Gasteiger partial charge in [-0.2, -0.15) is 8.75 Å². The number of fused-ring (bicyclic) bond motifs is 1. The number of benzene rings is 2. The minimum Gasteiger partial charge on any atom is -0.494 e. The van der Waals surface area contributed by atoms with E-state index in [1.807, 2.05) is 0 Å². The van der Waals surface area contributed by atoms with Crippen molar-refractivity contribution in [2.24, 2.45) is 10.2 Å². The van der Waals surface area contributed by atoms with Crippen molar-refractivity contribution in [2.75, 3.05) is 12.8 Å². The first-order valence-electron chi connectivity index (χ1n) is 5.95. The van der Waals surface area contributed by atoms with E-state index in [9.17, 15) is 0 Å². The third-order valence-electron chi connectivity index (χ3n) is 2.83. The molecule has 1 heterocycles. The van der Waals surface area contributed by atoms with E-state index in [-0.39, 0.29) is 0 Å². The Balaban J connectivity index is 2.04. The number of hydrogen-bond acceptors (Lipinski definition) is 7. The summed E-state index contributed by atoms with van der Waals surface area (Å²) < 4.78 is 13.6. The van der Waals surface area contributed by atoms with Gasteiger partial charge in [0.2, 0.25) is 0 Å². The quantitative estimate of drug-likeness (QED) is 0.574. The molecule has 0 aliphatic heterocycles. The Kier molecular flexibility index (Phi) is 3.68. The van der Waals surface area contributed by atoms with Gasteiger partial charge in [0.15, 0.2) is 0 Å². The lowest BCUT2D eigenvalue weighted by atomic mass is 10.2. The molecule has 0 radical (unpaired) electrons. The van der Waals surface area contributed by atoms with Gasteiger partial charge >= 0.3 is 0 Å². The predicted octanol–water partition coefficient (Wildman–Crippen LogP) is 4.35. The molecule has 0 spiro atoms. The molecule has 0 amide bonds. The molecule has 6 nitrogen and oxygen atoms in total. The number of hydrogen-bond donors (Lipinski definition) is 1. The molecule has 0 unspecified atom stereocenters. The monoisotopic (exact) mass is 319 g/mol. The number of ether oxygens (including phenoxy) is 1. The van der Waals surface area contributed by atoms with E-state index in [2.05, 4.69) is 19.0 Å². The molecule has 0 atom stereocenters. The van der Waals surface area contributed by atoms with Crippen molar-refractivity contribution in [2.45, 2.75) is 0 Å². The lowest BCUT2D eigenvalue weighted by molar-refractivity contribution is 0.416. The van der Waals surface area contributed by atoms with Crippen LogP contribution in [-0.4, -0.2) is 15.9 Å². The first kappa shape index (κ1) is 13.7. The van der Waals surface area contributed by atoms with E-state index in [0.717, 1.165) is 11.7 Å². The van der Waals surface area contributed by atoms with Crippen molar-refractivity contribution >= 4 is 51.4 Å². The second-order valence-electron chi connectivity index (χ2n) is 4.15. The van der Waals surface area contributed by atoms with Crippen LogP contribution in [-0.2, 0) is 0 Å². The van der Waals surface area contributed by atoms with Crippen LogP contribution < -0.4 is 10.5 Å². The highest BCUT2D eigenvalue weighted by Crippen LogP contribution is 2.34. The molecule has 0 saturated carbocycles. The molecule has 0 bridgehead atoms. The van der Waals surface area contributed by atoms with Gasteiger partial charge in [0.05, 0.1) is 24.5 Å².